The summed E-state index contributed by atoms with van der Waals surface area (Å²) in [6.45, 7) is 4.55. The summed E-state index contributed by atoms with van der Waals surface area (Å²) in [6.07, 6.45) is 23.7. The lowest BCUT2D eigenvalue weighted by Gasteiger charge is -2.18. The number of aryl methyl sites for hydroxylation is 2. The Morgan fingerprint density at radius 1 is 0.354 bits per heavy atom. The summed E-state index contributed by atoms with van der Waals surface area (Å²) in [4.78, 5) is 0. The third-order valence-electron chi connectivity index (χ3n) is 10.3. The van der Waals surface area contributed by atoms with Crippen LogP contribution in [0.15, 0.2) is 97.1 Å². The van der Waals surface area contributed by atoms with Crippen molar-refractivity contribution in [2.24, 2.45) is 0 Å². The van der Waals surface area contributed by atoms with E-state index in [-0.39, 0.29) is 0 Å². The lowest BCUT2D eigenvalue weighted by atomic mass is 9.87. The van der Waals surface area contributed by atoms with Crippen LogP contribution in [0.25, 0.3) is 0 Å². The van der Waals surface area contributed by atoms with Crippen molar-refractivity contribution in [3.05, 3.63) is 130 Å². The molecule has 0 amide bonds. The minimum absolute atomic E-state index is 0.463. The van der Waals surface area contributed by atoms with Crippen LogP contribution < -0.4 is 11.5 Å². The Balaban J connectivity index is 0.990. The van der Waals surface area contributed by atoms with Gasteiger partial charge in [-0.05, 0) is 96.2 Å². The van der Waals surface area contributed by atoms with Gasteiger partial charge in [-0.3, -0.25) is 0 Å². The zero-order valence-electron chi connectivity index (χ0n) is 30.3. The Morgan fingerprint density at radius 2 is 0.604 bits per heavy atom. The second kappa shape index (κ2) is 21.5. The van der Waals surface area contributed by atoms with Crippen LogP contribution in [0.4, 0.5) is 11.4 Å². The van der Waals surface area contributed by atoms with E-state index in [4.69, 9.17) is 11.5 Å². The molecular formula is C46H64N2. The number of rotatable bonds is 23. The van der Waals surface area contributed by atoms with E-state index >= 15 is 0 Å². The van der Waals surface area contributed by atoms with Gasteiger partial charge < -0.3 is 11.5 Å². The summed E-state index contributed by atoms with van der Waals surface area (Å²) < 4.78 is 0. The zero-order valence-corrected chi connectivity index (χ0v) is 30.3. The molecule has 2 unspecified atom stereocenters. The topological polar surface area (TPSA) is 52.0 Å². The number of hydrogen-bond donors (Lipinski definition) is 2. The molecule has 4 aromatic rings. The first-order valence-corrected chi connectivity index (χ1v) is 19.5. The Labute approximate surface area is 293 Å². The van der Waals surface area contributed by atoms with Crippen molar-refractivity contribution >= 4 is 11.4 Å². The Bertz CT molecular complexity index is 1280. The summed E-state index contributed by atoms with van der Waals surface area (Å²) in [6, 6.07) is 35.8. The van der Waals surface area contributed by atoms with Crippen molar-refractivity contribution in [1.82, 2.24) is 0 Å². The number of nitrogens with two attached hydrogens (primary N) is 2. The molecule has 0 saturated heterocycles. The molecule has 0 heterocycles. The summed E-state index contributed by atoms with van der Waals surface area (Å²) >= 11 is 0. The van der Waals surface area contributed by atoms with E-state index in [1.165, 1.54) is 149 Å². The van der Waals surface area contributed by atoms with Crippen molar-refractivity contribution in [1.29, 1.82) is 0 Å². The average molecular weight is 645 g/mol. The average Bonchev–Trinajstić information content (AvgIpc) is 3.11. The molecule has 4 aromatic carbocycles. The van der Waals surface area contributed by atoms with Crippen LogP contribution in [0.3, 0.4) is 0 Å². The Morgan fingerprint density at radius 3 is 0.875 bits per heavy atom. The van der Waals surface area contributed by atoms with Gasteiger partial charge in [0.05, 0.1) is 0 Å². The fourth-order valence-corrected chi connectivity index (χ4v) is 7.34. The first kappa shape index (κ1) is 37.3. The molecule has 4 N–H and O–H groups in total. The minimum Gasteiger partial charge on any atom is -0.399 e. The van der Waals surface area contributed by atoms with Gasteiger partial charge in [-0.15, -0.1) is 0 Å². The number of anilines is 2. The summed E-state index contributed by atoms with van der Waals surface area (Å²) in [7, 11) is 0. The van der Waals surface area contributed by atoms with Crippen LogP contribution in [-0.2, 0) is 12.8 Å². The maximum absolute atomic E-state index is 5.92. The third-order valence-corrected chi connectivity index (χ3v) is 10.3. The molecule has 0 spiro atoms. The highest BCUT2D eigenvalue weighted by Crippen LogP contribution is 2.31. The lowest BCUT2D eigenvalue weighted by molar-refractivity contribution is 0.540. The fourth-order valence-electron chi connectivity index (χ4n) is 7.34. The van der Waals surface area contributed by atoms with Gasteiger partial charge in [0, 0.05) is 23.2 Å². The molecule has 4 rings (SSSR count). The van der Waals surface area contributed by atoms with Gasteiger partial charge >= 0.3 is 0 Å². The number of benzene rings is 4. The predicted molar refractivity (Wildman–Crippen MR) is 211 cm³/mol. The molecule has 2 heteroatoms. The summed E-state index contributed by atoms with van der Waals surface area (Å²) in [5.74, 6) is 0.926. The molecule has 0 radical (unpaired) electrons. The number of nitrogen functional groups attached to an aromatic ring is 2. The third kappa shape index (κ3) is 12.8. The highest BCUT2D eigenvalue weighted by molar-refractivity contribution is 5.44. The van der Waals surface area contributed by atoms with E-state index < -0.39 is 0 Å². The van der Waals surface area contributed by atoms with Gasteiger partial charge in [-0.2, -0.15) is 0 Å². The molecule has 258 valence electrons. The summed E-state index contributed by atoms with van der Waals surface area (Å²) in [5.41, 5.74) is 22.1. The van der Waals surface area contributed by atoms with Crippen LogP contribution >= 0.6 is 0 Å². The monoisotopic (exact) mass is 645 g/mol. The van der Waals surface area contributed by atoms with Crippen LogP contribution in [-0.4, -0.2) is 0 Å². The smallest absolute Gasteiger partial charge is 0.0314 e. The van der Waals surface area contributed by atoms with Crippen molar-refractivity contribution < 1.29 is 0 Å². The second-order valence-electron chi connectivity index (χ2n) is 14.2. The molecule has 0 aliphatic heterocycles. The highest BCUT2D eigenvalue weighted by Gasteiger charge is 2.14. The molecule has 2 atom stereocenters. The lowest BCUT2D eigenvalue weighted by Crippen LogP contribution is -2.01. The van der Waals surface area contributed by atoms with E-state index in [1.54, 1.807) is 0 Å². The highest BCUT2D eigenvalue weighted by atomic mass is 14.5. The fraction of sp³-hybridized carbons (Fsp3) is 0.478. The van der Waals surface area contributed by atoms with Gasteiger partial charge in [-0.1, -0.05) is 164 Å². The van der Waals surface area contributed by atoms with Crippen LogP contribution in [0.2, 0.25) is 0 Å². The normalized spacial score (nSPS) is 12.6. The van der Waals surface area contributed by atoms with E-state index in [9.17, 15) is 0 Å². The molecule has 0 aliphatic rings. The van der Waals surface area contributed by atoms with Crippen molar-refractivity contribution in [2.45, 2.75) is 141 Å². The quantitative estimate of drug-likeness (QED) is 0.0623. The first-order valence-electron chi connectivity index (χ1n) is 19.5. The molecule has 2 nitrogen and oxygen atoms in total. The van der Waals surface area contributed by atoms with Crippen molar-refractivity contribution in [3.63, 3.8) is 0 Å². The second-order valence-corrected chi connectivity index (χ2v) is 14.2. The molecule has 48 heavy (non-hydrogen) atoms. The number of hydrogen-bond acceptors (Lipinski definition) is 2. The zero-order chi connectivity index (χ0) is 33.8. The Kier molecular flexibility index (Phi) is 16.7. The van der Waals surface area contributed by atoms with Crippen LogP contribution in [0.1, 0.15) is 162 Å². The minimum atomic E-state index is 0.463. The standard InChI is InChI=1S/C46H64N2/c1-3-17-45(41-29-33-43(47)34-30-41)39-25-21-37(22-26-39)19-15-13-11-9-7-5-6-8-10-12-14-16-20-38-23-27-40(28-24-38)46(18-4-2)42-31-35-44(48)36-32-42/h21-36,45-46H,3-20,47-48H2,1-2H3. The van der Waals surface area contributed by atoms with Gasteiger partial charge in [0.25, 0.3) is 0 Å². The van der Waals surface area contributed by atoms with Crippen LogP contribution in [0.5, 0.6) is 0 Å². The van der Waals surface area contributed by atoms with E-state index in [0.717, 1.165) is 11.4 Å². The van der Waals surface area contributed by atoms with Gasteiger partial charge in [0.15, 0.2) is 0 Å². The first-order chi connectivity index (χ1) is 23.6. The summed E-state index contributed by atoms with van der Waals surface area (Å²) in [5, 5.41) is 0. The SMILES string of the molecule is CCCC(c1ccc(N)cc1)c1ccc(CCCCCCCCCCCCCCc2ccc(C(CCC)c3ccc(N)cc3)cc2)cc1. The van der Waals surface area contributed by atoms with E-state index in [2.05, 4.69) is 86.6 Å². The van der Waals surface area contributed by atoms with E-state index in [1.807, 2.05) is 24.3 Å². The molecule has 0 fully saturated rings. The maximum Gasteiger partial charge on any atom is 0.0314 e. The molecule has 0 aliphatic carbocycles. The van der Waals surface area contributed by atoms with Gasteiger partial charge in [-0.25, -0.2) is 0 Å². The predicted octanol–water partition coefficient (Wildman–Crippen LogP) is 13.2. The molecule has 0 aromatic heterocycles. The van der Waals surface area contributed by atoms with Crippen LogP contribution in [0, 0.1) is 0 Å². The number of unbranched alkanes of at least 4 members (excludes halogenated alkanes) is 11. The molecule has 0 saturated carbocycles. The molecular weight excluding hydrogens is 581 g/mol. The Hall–Kier alpha value is -3.52. The van der Waals surface area contributed by atoms with Crippen molar-refractivity contribution in [2.75, 3.05) is 11.5 Å². The van der Waals surface area contributed by atoms with Crippen molar-refractivity contribution in [3.8, 4) is 0 Å². The maximum atomic E-state index is 5.92. The largest absolute Gasteiger partial charge is 0.399 e. The van der Waals surface area contributed by atoms with E-state index in [0.29, 0.717) is 11.8 Å². The van der Waals surface area contributed by atoms with Gasteiger partial charge in [0.1, 0.15) is 0 Å². The molecule has 0 bridgehead atoms. The van der Waals surface area contributed by atoms with Gasteiger partial charge in [0.2, 0.25) is 0 Å².